The van der Waals surface area contributed by atoms with Gasteiger partial charge in [0.05, 0.1) is 0 Å². The van der Waals surface area contributed by atoms with Crippen molar-refractivity contribution in [2.24, 2.45) is 7.05 Å². The lowest BCUT2D eigenvalue weighted by atomic mass is 10.5. The van der Waals surface area contributed by atoms with Crippen molar-refractivity contribution < 1.29 is 14.5 Å². The summed E-state index contributed by atoms with van der Waals surface area (Å²) in [5.41, 5.74) is -0.177. The van der Waals surface area contributed by atoms with Gasteiger partial charge < -0.3 is 19.8 Å². The highest BCUT2D eigenvalue weighted by atomic mass is 16.6. The van der Waals surface area contributed by atoms with Gasteiger partial charge in [-0.3, -0.25) is 4.57 Å². The van der Waals surface area contributed by atoms with Crippen molar-refractivity contribution in [3.05, 3.63) is 21.6 Å². The van der Waals surface area contributed by atoms with Gasteiger partial charge in [-0.05, 0) is 23.8 Å². The predicted octanol–water partition coefficient (Wildman–Crippen LogP) is 1.18. The molecular formula is C11H15N5O4. The third-order valence-corrected chi connectivity index (χ3v) is 2.79. The Balaban J connectivity index is 2.87. The summed E-state index contributed by atoms with van der Waals surface area (Å²) in [5, 5.41) is 19.6. The average Bonchev–Trinajstić information content (AvgIpc) is 2.74. The summed E-state index contributed by atoms with van der Waals surface area (Å²) < 4.78 is 6.26. The zero-order valence-electron chi connectivity index (χ0n) is 11.5. The van der Waals surface area contributed by atoms with Crippen LogP contribution in [0.25, 0.3) is 0 Å². The molecule has 0 atom stereocenters. The molecule has 9 heteroatoms. The van der Waals surface area contributed by atoms with E-state index in [1.807, 2.05) is 13.8 Å². The van der Waals surface area contributed by atoms with Gasteiger partial charge in [-0.2, -0.15) is 5.26 Å². The summed E-state index contributed by atoms with van der Waals surface area (Å²) in [7, 11) is 1.46. The normalized spacial score (nSPS) is 9.90. The molecule has 108 valence electrons. The molecule has 0 saturated heterocycles. The molecule has 0 spiro atoms. The first-order valence-corrected chi connectivity index (χ1v) is 5.97. The average molecular weight is 281 g/mol. The Morgan fingerprint density at radius 2 is 2.15 bits per heavy atom. The minimum Gasteiger partial charge on any atom is -0.439 e. The van der Waals surface area contributed by atoms with Crippen molar-refractivity contribution in [1.29, 1.82) is 5.26 Å². The summed E-state index contributed by atoms with van der Waals surface area (Å²) in [6, 6.07) is 1.71. The Bertz CT molecular complexity index is 556. The molecule has 0 aliphatic carbocycles. The smallest absolute Gasteiger partial charge is 0.410 e. The summed E-state index contributed by atoms with van der Waals surface area (Å²) >= 11 is 0. The largest absolute Gasteiger partial charge is 0.439 e. The van der Waals surface area contributed by atoms with E-state index in [0.717, 1.165) is 0 Å². The minimum atomic E-state index is -0.742. The highest BCUT2D eigenvalue weighted by Gasteiger charge is 2.26. The fraction of sp³-hybridized carbons (Fsp3) is 0.545. The topological polar surface area (TPSA) is 114 Å². The molecule has 0 aromatic carbocycles. The van der Waals surface area contributed by atoms with Crippen LogP contribution in [0.5, 0.6) is 0 Å². The number of hydrogen-bond donors (Lipinski definition) is 0. The number of imidazole rings is 1. The van der Waals surface area contributed by atoms with Crippen LogP contribution >= 0.6 is 0 Å². The first kappa shape index (κ1) is 15.4. The molecule has 0 radical (unpaired) electrons. The zero-order chi connectivity index (χ0) is 15.3. The van der Waals surface area contributed by atoms with Gasteiger partial charge in [-0.1, -0.05) is 0 Å². The van der Waals surface area contributed by atoms with Gasteiger partial charge in [0.1, 0.15) is 6.07 Å². The SMILES string of the molecule is CCN(CC)C(=O)OCc1nc([N+](=O)[O-])c(C#N)n1C. The number of aromatic nitrogens is 2. The molecule has 0 fully saturated rings. The predicted molar refractivity (Wildman–Crippen MR) is 67.7 cm³/mol. The van der Waals surface area contributed by atoms with Crippen molar-refractivity contribution >= 4 is 11.9 Å². The van der Waals surface area contributed by atoms with Gasteiger partial charge in [0.25, 0.3) is 5.82 Å². The van der Waals surface area contributed by atoms with Gasteiger partial charge >= 0.3 is 11.9 Å². The van der Waals surface area contributed by atoms with E-state index in [4.69, 9.17) is 10.00 Å². The molecule has 0 bridgehead atoms. The maximum absolute atomic E-state index is 11.7. The molecule has 0 aliphatic rings. The molecule has 20 heavy (non-hydrogen) atoms. The lowest BCUT2D eigenvalue weighted by molar-refractivity contribution is -0.389. The number of nitriles is 1. The first-order chi connectivity index (χ1) is 9.46. The van der Waals surface area contributed by atoms with E-state index in [9.17, 15) is 14.9 Å². The van der Waals surface area contributed by atoms with Crippen LogP contribution in [0, 0.1) is 21.4 Å². The molecule has 1 aromatic heterocycles. The van der Waals surface area contributed by atoms with Crippen molar-refractivity contribution in [2.45, 2.75) is 20.5 Å². The molecule has 9 nitrogen and oxygen atoms in total. The van der Waals surface area contributed by atoms with Gasteiger partial charge in [0, 0.05) is 20.1 Å². The van der Waals surface area contributed by atoms with Crippen LogP contribution in [0.3, 0.4) is 0 Å². The molecule has 0 N–H and O–H groups in total. The molecule has 1 amide bonds. The lowest BCUT2D eigenvalue weighted by Gasteiger charge is -2.17. The number of rotatable bonds is 5. The van der Waals surface area contributed by atoms with Crippen molar-refractivity contribution in [1.82, 2.24) is 14.5 Å². The Morgan fingerprint density at radius 3 is 2.55 bits per heavy atom. The van der Waals surface area contributed by atoms with Gasteiger partial charge in [-0.25, -0.2) is 4.79 Å². The van der Waals surface area contributed by atoms with Crippen LogP contribution in [-0.4, -0.2) is 38.6 Å². The number of ether oxygens (including phenoxy) is 1. The number of nitro groups is 1. The van der Waals surface area contributed by atoms with Crippen molar-refractivity contribution in [3.63, 3.8) is 0 Å². The van der Waals surface area contributed by atoms with Gasteiger partial charge in [-0.15, -0.1) is 0 Å². The van der Waals surface area contributed by atoms with E-state index in [0.29, 0.717) is 13.1 Å². The van der Waals surface area contributed by atoms with E-state index in [-0.39, 0.29) is 18.1 Å². The van der Waals surface area contributed by atoms with E-state index < -0.39 is 16.8 Å². The second kappa shape index (κ2) is 6.51. The van der Waals surface area contributed by atoms with E-state index in [1.165, 1.54) is 16.5 Å². The number of nitrogens with zero attached hydrogens (tertiary/aromatic N) is 5. The molecule has 0 saturated carbocycles. The number of carbonyl (C=O) groups is 1. The van der Waals surface area contributed by atoms with Crippen LogP contribution in [-0.2, 0) is 18.4 Å². The summed E-state index contributed by atoms with van der Waals surface area (Å²) in [4.78, 5) is 26.8. The molecule has 0 unspecified atom stereocenters. The van der Waals surface area contributed by atoms with Crippen LogP contribution in [0.2, 0.25) is 0 Å². The quantitative estimate of drug-likeness (QED) is 0.591. The fourth-order valence-electron chi connectivity index (χ4n) is 1.61. The first-order valence-electron chi connectivity index (χ1n) is 5.97. The van der Waals surface area contributed by atoms with E-state index >= 15 is 0 Å². The number of hydrogen-bond acceptors (Lipinski definition) is 6. The fourth-order valence-corrected chi connectivity index (χ4v) is 1.61. The van der Waals surface area contributed by atoms with E-state index in [1.54, 1.807) is 6.07 Å². The van der Waals surface area contributed by atoms with Crippen LogP contribution < -0.4 is 0 Å². The Labute approximate surface area is 115 Å². The minimum absolute atomic E-state index is 0.147. The number of carbonyl (C=O) groups excluding carboxylic acids is 1. The summed E-state index contributed by atoms with van der Waals surface area (Å²) in [5.74, 6) is -0.391. The highest BCUT2D eigenvalue weighted by Crippen LogP contribution is 2.18. The molecule has 0 aliphatic heterocycles. The maximum atomic E-state index is 11.7. The number of amides is 1. The Kier molecular flexibility index (Phi) is 5.02. The lowest BCUT2D eigenvalue weighted by Crippen LogP contribution is -2.31. The molecule has 1 rings (SSSR count). The summed E-state index contributed by atoms with van der Waals surface area (Å²) in [6.45, 7) is 4.39. The van der Waals surface area contributed by atoms with Crippen molar-refractivity contribution in [2.75, 3.05) is 13.1 Å². The van der Waals surface area contributed by atoms with Gasteiger partial charge in [0.15, 0.2) is 6.61 Å². The standard InChI is InChI=1S/C11H15N5O4/c1-4-15(5-2)11(17)20-7-9-13-10(16(18)19)8(6-12)14(9)3/h4-5,7H2,1-3H3. The molecular weight excluding hydrogens is 266 g/mol. The van der Waals surface area contributed by atoms with E-state index in [2.05, 4.69) is 4.98 Å². The third kappa shape index (κ3) is 3.03. The molecule has 1 aromatic rings. The van der Waals surface area contributed by atoms with Crippen molar-refractivity contribution in [3.8, 4) is 6.07 Å². The second-order valence-corrected chi connectivity index (χ2v) is 3.86. The second-order valence-electron chi connectivity index (χ2n) is 3.86. The van der Waals surface area contributed by atoms with Crippen LogP contribution in [0.15, 0.2) is 0 Å². The maximum Gasteiger partial charge on any atom is 0.410 e. The van der Waals surface area contributed by atoms with Crippen LogP contribution in [0.4, 0.5) is 10.6 Å². The Hall–Kier alpha value is -2.63. The van der Waals surface area contributed by atoms with Crippen LogP contribution in [0.1, 0.15) is 25.4 Å². The van der Waals surface area contributed by atoms with Gasteiger partial charge in [0.2, 0.25) is 5.69 Å². The summed E-state index contributed by atoms with van der Waals surface area (Å²) in [6.07, 6.45) is -0.529. The zero-order valence-corrected chi connectivity index (χ0v) is 11.5. The molecule has 1 heterocycles. The third-order valence-electron chi connectivity index (χ3n) is 2.79. The Morgan fingerprint density at radius 1 is 1.55 bits per heavy atom. The monoisotopic (exact) mass is 281 g/mol. The highest BCUT2D eigenvalue weighted by molar-refractivity contribution is 5.67.